The van der Waals surface area contributed by atoms with E-state index in [1.54, 1.807) is 13.0 Å². The molecule has 1 amide bonds. The van der Waals surface area contributed by atoms with Gasteiger partial charge in [0.15, 0.2) is 5.15 Å². The maximum absolute atomic E-state index is 11.8. The Morgan fingerprint density at radius 2 is 2.21 bits per heavy atom. The zero-order valence-electron chi connectivity index (χ0n) is 10.7. The molecule has 1 rings (SSSR count). The Balaban J connectivity index is 2.69. The number of carbonyl (C=O) groups is 1. The summed E-state index contributed by atoms with van der Waals surface area (Å²) in [5, 5.41) is 2.73. The van der Waals surface area contributed by atoms with Crippen molar-refractivity contribution in [1.82, 2.24) is 4.98 Å². The number of sulfone groups is 1. The Morgan fingerprint density at radius 1 is 1.58 bits per heavy atom. The van der Waals surface area contributed by atoms with Gasteiger partial charge in [-0.15, -0.1) is 0 Å². The fourth-order valence-electron chi connectivity index (χ4n) is 1.36. The van der Waals surface area contributed by atoms with E-state index in [4.69, 9.17) is 17.3 Å². The third-order valence-corrected chi connectivity index (χ3v) is 3.76. The minimum atomic E-state index is -3.14. The van der Waals surface area contributed by atoms with Crippen LogP contribution in [-0.4, -0.2) is 37.4 Å². The highest BCUT2D eigenvalue weighted by atomic mass is 35.5. The molecule has 3 N–H and O–H groups in total. The van der Waals surface area contributed by atoms with Crippen LogP contribution in [0.15, 0.2) is 12.3 Å². The number of aryl methyl sites for hydroxylation is 1. The summed E-state index contributed by atoms with van der Waals surface area (Å²) in [7, 11) is -3.14. The van der Waals surface area contributed by atoms with Crippen LogP contribution in [0.5, 0.6) is 0 Å². The predicted octanol–water partition coefficient (Wildman–Crippen LogP) is 0.744. The van der Waals surface area contributed by atoms with Gasteiger partial charge < -0.3 is 11.1 Å². The third-order valence-electron chi connectivity index (χ3n) is 2.50. The highest BCUT2D eigenvalue weighted by Crippen LogP contribution is 2.22. The largest absolute Gasteiger partial charge is 0.322 e. The number of rotatable bonds is 5. The molecule has 0 saturated carbocycles. The van der Waals surface area contributed by atoms with Crippen molar-refractivity contribution in [3.8, 4) is 0 Å². The zero-order chi connectivity index (χ0) is 14.6. The average Bonchev–Trinajstić information content (AvgIpc) is 2.29. The van der Waals surface area contributed by atoms with Crippen molar-refractivity contribution in [1.29, 1.82) is 0 Å². The Morgan fingerprint density at radius 3 is 2.74 bits per heavy atom. The molecule has 0 aliphatic heterocycles. The van der Waals surface area contributed by atoms with Crippen LogP contribution in [0, 0.1) is 6.92 Å². The van der Waals surface area contributed by atoms with Crippen LogP contribution in [-0.2, 0) is 14.6 Å². The van der Waals surface area contributed by atoms with E-state index in [-0.39, 0.29) is 17.3 Å². The summed E-state index contributed by atoms with van der Waals surface area (Å²) in [6, 6.07) is 0.786. The second-order valence-electron chi connectivity index (χ2n) is 4.31. The van der Waals surface area contributed by atoms with Crippen molar-refractivity contribution in [2.75, 3.05) is 17.3 Å². The molecule has 19 heavy (non-hydrogen) atoms. The Bertz CT molecular complexity index is 554. The Kier molecular flexibility index (Phi) is 5.28. The van der Waals surface area contributed by atoms with Crippen molar-refractivity contribution in [2.24, 2.45) is 5.73 Å². The van der Waals surface area contributed by atoms with Crippen LogP contribution in [0.1, 0.15) is 12.0 Å². The lowest BCUT2D eigenvalue weighted by molar-refractivity contribution is -0.117. The number of nitrogens with one attached hydrogen (secondary N) is 1. The molecule has 1 heterocycles. The van der Waals surface area contributed by atoms with Crippen molar-refractivity contribution < 1.29 is 13.2 Å². The van der Waals surface area contributed by atoms with Gasteiger partial charge in [-0.1, -0.05) is 11.6 Å². The molecule has 0 radical (unpaired) electrons. The third kappa shape index (κ3) is 5.14. The van der Waals surface area contributed by atoms with E-state index in [0.717, 1.165) is 11.8 Å². The maximum atomic E-state index is 11.8. The molecule has 0 aliphatic rings. The highest BCUT2D eigenvalue weighted by Gasteiger charge is 2.18. The number of halogens is 1. The molecule has 0 aromatic carbocycles. The first kappa shape index (κ1) is 15.9. The highest BCUT2D eigenvalue weighted by molar-refractivity contribution is 7.90. The zero-order valence-corrected chi connectivity index (χ0v) is 12.3. The van der Waals surface area contributed by atoms with Crippen LogP contribution in [0.2, 0.25) is 5.15 Å². The van der Waals surface area contributed by atoms with Gasteiger partial charge in [0.2, 0.25) is 5.91 Å². The van der Waals surface area contributed by atoms with E-state index < -0.39 is 21.8 Å². The van der Waals surface area contributed by atoms with Crippen LogP contribution < -0.4 is 11.1 Å². The summed E-state index contributed by atoms with van der Waals surface area (Å²) in [5.74, 6) is -0.622. The van der Waals surface area contributed by atoms with Crippen molar-refractivity contribution >= 4 is 33.0 Å². The topological polar surface area (TPSA) is 102 Å². The van der Waals surface area contributed by atoms with Gasteiger partial charge in [0.05, 0.1) is 17.5 Å². The van der Waals surface area contributed by atoms with Gasteiger partial charge in [-0.05, 0) is 25.0 Å². The van der Waals surface area contributed by atoms with Crippen molar-refractivity contribution in [3.05, 3.63) is 23.0 Å². The number of pyridine rings is 1. The number of hydrogen-bond acceptors (Lipinski definition) is 5. The summed E-state index contributed by atoms with van der Waals surface area (Å²) in [5.41, 5.74) is 6.78. The van der Waals surface area contributed by atoms with Crippen LogP contribution >= 0.6 is 11.6 Å². The fraction of sp³-hybridized carbons (Fsp3) is 0.455. The van der Waals surface area contributed by atoms with E-state index in [1.807, 2.05) is 0 Å². The van der Waals surface area contributed by atoms with E-state index in [2.05, 4.69) is 10.3 Å². The van der Waals surface area contributed by atoms with Crippen LogP contribution in [0.4, 0.5) is 5.69 Å². The van der Waals surface area contributed by atoms with Gasteiger partial charge in [0, 0.05) is 12.5 Å². The molecule has 1 atom stereocenters. The molecule has 0 fully saturated rings. The number of nitrogens with two attached hydrogens (primary N) is 1. The SMILES string of the molecule is Cc1ccnc(Cl)c1NC(=O)C(N)CCS(C)(=O)=O. The first-order valence-electron chi connectivity index (χ1n) is 5.56. The number of nitrogens with zero attached hydrogens (tertiary/aromatic N) is 1. The first-order valence-corrected chi connectivity index (χ1v) is 8.00. The van der Waals surface area contributed by atoms with Gasteiger partial charge in [-0.2, -0.15) is 0 Å². The van der Waals surface area contributed by atoms with E-state index in [9.17, 15) is 13.2 Å². The Hall–Kier alpha value is -1.18. The number of amides is 1. The molecule has 6 nitrogen and oxygen atoms in total. The first-order chi connectivity index (χ1) is 8.70. The fourth-order valence-corrected chi connectivity index (χ4v) is 2.30. The summed E-state index contributed by atoms with van der Waals surface area (Å²) < 4.78 is 22.0. The lowest BCUT2D eigenvalue weighted by Crippen LogP contribution is -2.37. The second kappa shape index (κ2) is 6.31. The molecule has 0 saturated heterocycles. The van der Waals surface area contributed by atoms with Crippen molar-refractivity contribution in [3.63, 3.8) is 0 Å². The number of carbonyl (C=O) groups excluding carboxylic acids is 1. The molecule has 0 bridgehead atoms. The van der Waals surface area contributed by atoms with Crippen LogP contribution in [0.3, 0.4) is 0 Å². The molecule has 0 aliphatic carbocycles. The van der Waals surface area contributed by atoms with E-state index >= 15 is 0 Å². The minimum absolute atomic E-state index is 0.0571. The van der Waals surface area contributed by atoms with Gasteiger partial charge >= 0.3 is 0 Å². The standard InChI is InChI=1S/C11H16ClN3O3S/c1-7-3-5-14-10(12)9(7)15-11(16)8(13)4-6-19(2,17)18/h3,5,8H,4,6,13H2,1-2H3,(H,15,16). The van der Waals surface area contributed by atoms with E-state index in [1.165, 1.54) is 6.20 Å². The number of anilines is 1. The molecule has 1 aromatic heterocycles. The summed E-state index contributed by atoms with van der Waals surface area (Å²) in [6.45, 7) is 1.77. The Labute approximate surface area is 117 Å². The summed E-state index contributed by atoms with van der Waals surface area (Å²) >= 11 is 5.87. The normalized spacial score (nSPS) is 13.1. The number of aromatic nitrogens is 1. The lowest BCUT2D eigenvalue weighted by atomic mass is 10.2. The molecule has 1 aromatic rings. The molecule has 106 valence electrons. The monoisotopic (exact) mass is 305 g/mol. The van der Waals surface area contributed by atoms with Crippen LogP contribution in [0.25, 0.3) is 0 Å². The lowest BCUT2D eigenvalue weighted by Gasteiger charge is -2.13. The maximum Gasteiger partial charge on any atom is 0.241 e. The number of hydrogen-bond donors (Lipinski definition) is 2. The molecular weight excluding hydrogens is 290 g/mol. The molecule has 0 spiro atoms. The summed E-state index contributed by atoms with van der Waals surface area (Å²) in [4.78, 5) is 15.7. The minimum Gasteiger partial charge on any atom is -0.322 e. The molecule has 1 unspecified atom stereocenters. The van der Waals surface area contributed by atoms with Gasteiger partial charge in [0.1, 0.15) is 9.84 Å². The van der Waals surface area contributed by atoms with Gasteiger partial charge in [-0.25, -0.2) is 13.4 Å². The smallest absolute Gasteiger partial charge is 0.241 e. The average molecular weight is 306 g/mol. The summed E-state index contributed by atoms with van der Waals surface area (Å²) in [6.07, 6.45) is 2.68. The molecular formula is C11H16ClN3O3S. The van der Waals surface area contributed by atoms with Gasteiger partial charge in [0.25, 0.3) is 0 Å². The quantitative estimate of drug-likeness (QED) is 0.781. The molecule has 8 heteroatoms. The predicted molar refractivity (Wildman–Crippen MR) is 74.9 cm³/mol. The van der Waals surface area contributed by atoms with Crippen molar-refractivity contribution in [2.45, 2.75) is 19.4 Å². The van der Waals surface area contributed by atoms with Gasteiger partial charge in [-0.3, -0.25) is 4.79 Å². The van der Waals surface area contributed by atoms with E-state index in [0.29, 0.717) is 5.69 Å². The second-order valence-corrected chi connectivity index (χ2v) is 6.93.